The van der Waals surface area contributed by atoms with Crippen LogP contribution in [0.2, 0.25) is 0 Å². The van der Waals surface area contributed by atoms with Crippen LogP contribution in [0.25, 0.3) is 0 Å². The van der Waals surface area contributed by atoms with Crippen LogP contribution in [-0.2, 0) is 20.7 Å². The van der Waals surface area contributed by atoms with Gasteiger partial charge >= 0.3 is 12.1 Å². The summed E-state index contributed by atoms with van der Waals surface area (Å²) in [5.41, 5.74) is 0.967. The highest BCUT2D eigenvalue weighted by Crippen LogP contribution is 2.09. The van der Waals surface area contributed by atoms with Crippen LogP contribution in [0.1, 0.15) is 77.2 Å². The smallest absolute Gasteiger partial charge is 0.407 e. The first-order valence-electron chi connectivity index (χ1n) is 10.8. The molecule has 0 aliphatic carbocycles. The normalized spacial score (nSPS) is 11.6. The predicted octanol–water partition coefficient (Wildman–Crippen LogP) is 5.42. The molecule has 5 heteroatoms. The summed E-state index contributed by atoms with van der Waals surface area (Å²) in [7, 11) is 0. The largest absolute Gasteiger partial charge is 0.464 e. The molecule has 1 amide bonds. The Balaban J connectivity index is 2.41. The van der Waals surface area contributed by atoms with Crippen LogP contribution < -0.4 is 5.32 Å². The molecule has 0 unspecified atom stereocenters. The van der Waals surface area contributed by atoms with Crippen LogP contribution in [0.15, 0.2) is 30.3 Å². The maximum atomic E-state index is 12.5. The molecule has 0 fully saturated rings. The van der Waals surface area contributed by atoms with Crippen LogP contribution >= 0.6 is 0 Å². The van der Waals surface area contributed by atoms with Crippen molar-refractivity contribution in [1.82, 2.24) is 5.32 Å². The minimum Gasteiger partial charge on any atom is -0.464 e. The summed E-state index contributed by atoms with van der Waals surface area (Å²) < 4.78 is 10.6. The minimum absolute atomic E-state index is 0.355. The van der Waals surface area contributed by atoms with E-state index in [-0.39, 0.29) is 0 Å². The molecule has 1 N–H and O–H groups in total. The molecule has 1 atom stereocenters. The van der Waals surface area contributed by atoms with Crippen molar-refractivity contribution in [3.05, 3.63) is 35.9 Å². The summed E-state index contributed by atoms with van der Waals surface area (Å²) in [6, 6.07) is 8.87. The van der Waals surface area contributed by atoms with E-state index in [1.165, 1.54) is 32.1 Å². The van der Waals surface area contributed by atoms with Gasteiger partial charge in [0.2, 0.25) is 0 Å². The average Bonchev–Trinajstić information content (AvgIpc) is 2.70. The van der Waals surface area contributed by atoms with Gasteiger partial charge in [-0.25, -0.2) is 9.59 Å². The lowest BCUT2D eigenvalue weighted by Crippen LogP contribution is -2.43. The van der Waals surface area contributed by atoms with E-state index in [0.29, 0.717) is 19.6 Å². The molecule has 0 aliphatic rings. The molecule has 1 aromatic rings. The Labute approximate surface area is 170 Å². The molecule has 1 aromatic carbocycles. The third kappa shape index (κ3) is 11.6. The Kier molecular flexibility index (Phi) is 13.7. The molecule has 0 aromatic heterocycles. The second-order valence-electron chi connectivity index (χ2n) is 7.16. The van der Waals surface area contributed by atoms with Crippen molar-refractivity contribution in [2.24, 2.45) is 0 Å². The highest BCUT2D eigenvalue weighted by molar-refractivity contribution is 5.81. The zero-order valence-electron chi connectivity index (χ0n) is 17.6. The minimum atomic E-state index is -0.735. The fraction of sp³-hybridized carbons (Fsp3) is 0.652. The molecular formula is C23H37NO4. The van der Waals surface area contributed by atoms with Crippen LogP contribution in [0.4, 0.5) is 4.79 Å². The number of esters is 1. The van der Waals surface area contributed by atoms with E-state index < -0.39 is 18.1 Å². The van der Waals surface area contributed by atoms with Crippen molar-refractivity contribution in [2.75, 3.05) is 13.2 Å². The fourth-order valence-electron chi connectivity index (χ4n) is 2.87. The van der Waals surface area contributed by atoms with Crippen LogP contribution in [0.5, 0.6) is 0 Å². The number of carbonyl (C=O) groups excluding carboxylic acids is 2. The second-order valence-corrected chi connectivity index (χ2v) is 7.16. The summed E-state index contributed by atoms with van der Waals surface area (Å²) >= 11 is 0. The standard InChI is InChI=1S/C23H37NO4/c1-3-5-7-8-9-10-14-18-27-22(25)21(19-20-15-12-11-13-16-20)24-23(26)28-17-6-4-2/h11-13,15-16,21H,3-10,14,17-19H2,1-2H3,(H,24,26)/t21-/m0/s1. The quantitative estimate of drug-likeness (QED) is 0.320. The first-order chi connectivity index (χ1) is 13.7. The van der Waals surface area contributed by atoms with E-state index in [1.54, 1.807) is 0 Å². The van der Waals surface area contributed by atoms with Crippen molar-refractivity contribution >= 4 is 12.1 Å². The third-order valence-corrected chi connectivity index (χ3v) is 4.58. The summed E-state index contributed by atoms with van der Waals surface area (Å²) in [6.07, 6.45) is 9.71. The SMILES string of the molecule is CCCCCCCCCOC(=O)[C@H](Cc1ccccc1)NC(=O)OCCCC. The van der Waals surface area contributed by atoms with Crippen molar-refractivity contribution in [2.45, 2.75) is 84.1 Å². The van der Waals surface area contributed by atoms with Crippen molar-refractivity contribution in [3.63, 3.8) is 0 Å². The Hall–Kier alpha value is -2.04. The number of unbranched alkanes of at least 4 members (excludes halogenated alkanes) is 7. The lowest BCUT2D eigenvalue weighted by Gasteiger charge is -2.18. The summed E-state index contributed by atoms with van der Waals surface area (Å²) in [5.74, 6) is -0.401. The summed E-state index contributed by atoms with van der Waals surface area (Å²) in [4.78, 5) is 24.5. The molecule has 5 nitrogen and oxygen atoms in total. The molecule has 158 valence electrons. The number of benzene rings is 1. The van der Waals surface area contributed by atoms with Crippen molar-refractivity contribution < 1.29 is 19.1 Å². The van der Waals surface area contributed by atoms with E-state index in [0.717, 1.165) is 31.2 Å². The van der Waals surface area contributed by atoms with Gasteiger partial charge in [-0.15, -0.1) is 0 Å². The molecule has 0 saturated carbocycles. The van der Waals surface area contributed by atoms with Gasteiger partial charge < -0.3 is 14.8 Å². The Bertz CT molecular complexity index is 533. The molecule has 1 rings (SSSR count). The van der Waals surface area contributed by atoms with Gasteiger partial charge in [-0.05, 0) is 18.4 Å². The van der Waals surface area contributed by atoms with Gasteiger partial charge in [-0.3, -0.25) is 0 Å². The average molecular weight is 392 g/mol. The van der Waals surface area contributed by atoms with Crippen molar-refractivity contribution in [1.29, 1.82) is 0 Å². The maximum absolute atomic E-state index is 12.5. The molecule has 0 saturated heterocycles. The monoisotopic (exact) mass is 391 g/mol. The number of nitrogens with one attached hydrogen (secondary N) is 1. The third-order valence-electron chi connectivity index (χ3n) is 4.58. The summed E-state index contributed by atoms with van der Waals surface area (Å²) in [6.45, 7) is 4.98. The van der Waals surface area contributed by atoms with E-state index >= 15 is 0 Å². The molecule has 0 spiro atoms. The first-order valence-corrected chi connectivity index (χ1v) is 10.8. The molecule has 28 heavy (non-hydrogen) atoms. The molecule has 0 bridgehead atoms. The fourth-order valence-corrected chi connectivity index (χ4v) is 2.87. The van der Waals surface area contributed by atoms with Crippen LogP contribution in [0, 0.1) is 0 Å². The summed E-state index contributed by atoms with van der Waals surface area (Å²) in [5, 5.41) is 2.66. The molecule has 0 radical (unpaired) electrons. The maximum Gasteiger partial charge on any atom is 0.407 e. The number of alkyl carbamates (subject to hydrolysis) is 1. The van der Waals surface area contributed by atoms with Crippen LogP contribution in [0.3, 0.4) is 0 Å². The number of hydrogen-bond acceptors (Lipinski definition) is 4. The Morgan fingerprint density at radius 3 is 2.11 bits per heavy atom. The molecule has 0 aliphatic heterocycles. The number of amides is 1. The van der Waals surface area contributed by atoms with Gasteiger partial charge in [0.15, 0.2) is 0 Å². The van der Waals surface area contributed by atoms with E-state index in [4.69, 9.17) is 9.47 Å². The van der Waals surface area contributed by atoms with E-state index in [2.05, 4.69) is 12.2 Å². The van der Waals surface area contributed by atoms with Crippen LogP contribution in [-0.4, -0.2) is 31.3 Å². The predicted molar refractivity (Wildman–Crippen MR) is 112 cm³/mol. The zero-order chi connectivity index (χ0) is 20.5. The van der Waals surface area contributed by atoms with Gasteiger partial charge in [-0.2, -0.15) is 0 Å². The number of rotatable bonds is 15. The second kappa shape index (κ2) is 16.0. The van der Waals surface area contributed by atoms with Gasteiger partial charge in [-0.1, -0.05) is 89.1 Å². The van der Waals surface area contributed by atoms with Gasteiger partial charge in [0, 0.05) is 6.42 Å². The van der Waals surface area contributed by atoms with E-state index in [9.17, 15) is 9.59 Å². The van der Waals surface area contributed by atoms with E-state index in [1.807, 2.05) is 37.3 Å². The van der Waals surface area contributed by atoms with Gasteiger partial charge in [0.1, 0.15) is 6.04 Å². The Morgan fingerprint density at radius 1 is 0.821 bits per heavy atom. The number of ether oxygens (including phenoxy) is 2. The first kappa shape index (κ1) is 24.0. The highest BCUT2D eigenvalue weighted by atomic mass is 16.6. The Morgan fingerprint density at radius 2 is 1.43 bits per heavy atom. The molecule has 0 heterocycles. The number of carbonyl (C=O) groups is 2. The lowest BCUT2D eigenvalue weighted by molar-refractivity contribution is -0.146. The topological polar surface area (TPSA) is 64.6 Å². The molecular weight excluding hydrogens is 354 g/mol. The highest BCUT2D eigenvalue weighted by Gasteiger charge is 2.23. The zero-order valence-corrected chi connectivity index (χ0v) is 17.6. The van der Waals surface area contributed by atoms with Gasteiger partial charge in [0.25, 0.3) is 0 Å². The van der Waals surface area contributed by atoms with Crippen molar-refractivity contribution in [3.8, 4) is 0 Å². The van der Waals surface area contributed by atoms with Gasteiger partial charge in [0.05, 0.1) is 13.2 Å². The lowest BCUT2D eigenvalue weighted by atomic mass is 10.1. The number of hydrogen-bond donors (Lipinski definition) is 1.